The molecule has 1 N–H and O–H groups in total. The first-order chi connectivity index (χ1) is 21.6. The van der Waals surface area contributed by atoms with E-state index in [-0.39, 0.29) is 23.0 Å². The first-order valence-electron chi connectivity index (χ1n) is 14.9. The van der Waals surface area contributed by atoms with Gasteiger partial charge in [0.15, 0.2) is 0 Å². The number of nitrogens with zero attached hydrogens (tertiary/aromatic N) is 2. The van der Waals surface area contributed by atoms with Crippen LogP contribution in [-0.4, -0.2) is 44.3 Å². The average Bonchev–Trinajstić information content (AvgIpc) is 3.04. The molecule has 0 saturated heterocycles. The third-order valence-corrected chi connectivity index (χ3v) is 9.38. The monoisotopic (exact) mass is 647 g/mol. The molecule has 2 amide bonds. The number of carbonyl (C=O) groups excluding carboxylic acids is 2. The van der Waals surface area contributed by atoms with Crippen LogP contribution in [0, 0.1) is 6.92 Å². The Morgan fingerprint density at radius 2 is 1.47 bits per heavy atom. The van der Waals surface area contributed by atoms with Crippen LogP contribution in [0.3, 0.4) is 0 Å². The van der Waals surface area contributed by atoms with E-state index < -0.39 is 28.5 Å². The minimum Gasteiger partial charge on any atom is -0.457 e. The van der Waals surface area contributed by atoms with Crippen LogP contribution in [0.2, 0.25) is 5.02 Å². The lowest BCUT2D eigenvalue weighted by Gasteiger charge is -2.33. The standard InChI is InChI=1S/C35H38ClN3O5S/c1-4-23-37-35(41)33(5-2)38(24-27-11-9-10-14-32(27)36)34(40)25-39(45(42,43)31-21-15-26(3)16-22-31)28-17-19-30(20-18-28)44-29-12-7-6-8-13-29/h6-22,33H,4-5,23-25H2,1-3H3,(H,37,41)/t33-/m1/s1. The topological polar surface area (TPSA) is 96.0 Å². The Kier molecular flexibility index (Phi) is 11.6. The van der Waals surface area contributed by atoms with Crippen LogP contribution in [0.15, 0.2) is 108 Å². The fraction of sp³-hybridized carbons (Fsp3) is 0.257. The van der Waals surface area contributed by atoms with Crippen molar-refractivity contribution < 1.29 is 22.7 Å². The Labute approximate surface area is 270 Å². The molecule has 0 aliphatic rings. The predicted octanol–water partition coefficient (Wildman–Crippen LogP) is 6.97. The van der Waals surface area contributed by atoms with Gasteiger partial charge in [-0.2, -0.15) is 0 Å². The minimum atomic E-state index is -4.20. The fourth-order valence-corrected chi connectivity index (χ4v) is 6.38. The van der Waals surface area contributed by atoms with Gasteiger partial charge in [-0.3, -0.25) is 13.9 Å². The van der Waals surface area contributed by atoms with Crippen LogP contribution in [0.1, 0.15) is 37.8 Å². The number of benzene rings is 4. The highest BCUT2D eigenvalue weighted by Crippen LogP contribution is 2.29. The predicted molar refractivity (Wildman–Crippen MR) is 178 cm³/mol. The molecule has 0 heterocycles. The van der Waals surface area contributed by atoms with Crippen LogP contribution in [0.4, 0.5) is 5.69 Å². The molecule has 236 valence electrons. The molecule has 0 radical (unpaired) electrons. The number of amides is 2. The van der Waals surface area contributed by atoms with Gasteiger partial charge in [0.25, 0.3) is 10.0 Å². The van der Waals surface area contributed by atoms with Crippen LogP contribution in [0.25, 0.3) is 0 Å². The molecule has 0 spiro atoms. The molecule has 10 heteroatoms. The molecule has 4 aromatic rings. The van der Waals surface area contributed by atoms with E-state index in [1.807, 2.05) is 51.1 Å². The molecule has 0 bridgehead atoms. The smallest absolute Gasteiger partial charge is 0.264 e. The quantitative estimate of drug-likeness (QED) is 0.159. The maximum absolute atomic E-state index is 14.2. The van der Waals surface area contributed by atoms with Crippen LogP contribution in [-0.2, 0) is 26.2 Å². The highest BCUT2D eigenvalue weighted by molar-refractivity contribution is 7.92. The summed E-state index contributed by atoms with van der Waals surface area (Å²) >= 11 is 6.47. The van der Waals surface area contributed by atoms with Gasteiger partial charge in [0.2, 0.25) is 11.8 Å². The van der Waals surface area contributed by atoms with E-state index in [2.05, 4.69) is 5.32 Å². The van der Waals surface area contributed by atoms with Crippen molar-refractivity contribution >= 4 is 39.1 Å². The van der Waals surface area contributed by atoms with E-state index in [0.717, 1.165) is 16.3 Å². The van der Waals surface area contributed by atoms with Crippen molar-refractivity contribution in [1.29, 1.82) is 0 Å². The summed E-state index contributed by atoms with van der Waals surface area (Å²) in [5.41, 5.74) is 1.81. The number of ether oxygens (including phenoxy) is 1. The number of halogens is 1. The molecule has 8 nitrogen and oxygen atoms in total. The third-order valence-electron chi connectivity index (χ3n) is 7.23. The summed E-state index contributed by atoms with van der Waals surface area (Å²) in [6, 6.07) is 28.4. The Balaban J connectivity index is 1.73. The summed E-state index contributed by atoms with van der Waals surface area (Å²) in [7, 11) is -4.20. The van der Waals surface area contributed by atoms with Crippen LogP contribution < -0.4 is 14.4 Å². The number of aryl methyl sites for hydroxylation is 1. The summed E-state index contributed by atoms with van der Waals surface area (Å²) < 4.78 is 35.2. The number of rotatable bonds is 14. The van der Waals surface area contributed by atoms with Gasteiger partial charge < -0.3 is 15.0 Å². The Morgan fingerprint density at radius 3 is 2.09 bits per heavy atom. The molecular formula is C35H38ClN3O5S. The summed E-state index contributed by atoms with van der Waals surface area (Å²) in [6.45, 7) is 5.56. The van der Waals surface area contributed by atoms with E-state index in [0.29, 0.717) is 35.1 Å². The highest BCUT2D eigenvalue weighted by atomic mass is 35.5. The zero-order chi connectivity index (χ0) is 32.4. The van der Waals surface area contributed by atoms with Crippen molar-refractivity contribution in [2.75, 3.05) is 17.4 Å². The van der Waals surface area contributed by atoms with Crippen molar-refractivity contribution in [2.45, 2.75) is 51.1 Å². The van der Waals surface area contributed by atoms with Crippen molar-refractivity contribution in [2.24, 2.45) is 0 Å². The summed E-state index contributed by atoms with van der Waals surface area (Å²) in [4.78, 5) is 28.9. The van der Waals surface area contributed by atoms with Gasteiger partial charge in [0, 0.05) is 18.1 Å². The first kappa shape index (κ1) is 33.6. The molecule has 0 aliphatic carbocycles. The van der Waals surface area contributed by atoms with Crippen molar-refractivity contribution in [3.8, 4) is 11.5 Å². The Morgan fingerprint density at radius 1 is 0.844 bits per heavy atom. The molecule has 0 fully saturated rings. The second-order valence-corrected chi connectivity index (χ2v) is 12.8. The molecule has 4 rings (SSSR count). The van der Waals surface area contributed by atoms with Gasteiger partial charge in [-0.15, -0.1) is 0 Å². The lowest BCUT2D eigenvalue weighted by atomic mass is 10.1. The number of hydrogen-bond acceptors (Lipinski definition) is 5. The number of para-hydroxylation sites is 1. The number of anilines is 1. The van der Waals surface area contributed by atoms with Crippen LogP contribution in [0.5, 0.6) is 11.5 Å². The zero-order valence-corrected chi connectivity index (χ0v) is 27.2. The Hall–Kier alpha value is -4.34. The van der Waals surface area contributed by atoms with Crippen molar-refractivity contribution in [3.05, 3.63) is 119 Å². The largest absolute Gasteiger partial charge is 0.457 e. The van der Waals surface area contributed by atoms with E-state index in [9.17, 15) is 18.0 Å². The van der Waals surface area contributed by atoms with Gasteiger partial charge in [-0.25, -0.2) is 8.42 Å². The lowest BCUT2D eigenvalue weighted by Crippen LogP contribution is -2.52. The molecule has 1 atom stereocenters. The molecule has 0 aliphatic heterocycles. The normalized spacial score (nSPS) is 11.8. The summed E-state index contributed by atoms with van der Waals surface area (Å²) in [5.74, 6) is 0.276. The molecule has 0 unspecified atom stereocenters. The second kappa shape index (κ2) is 15.6. The zero-order valence-electron chi connectivity index (χ0n) is 25.6. The SMILES string of the molecule is CCCNC(=O)[C@@H](CC)N(Cc1ccccc1Cl)C(=O)CN(c1ccc(Oc2ccccc2)cc1)S(=O)(=O)c1ccc(C)cc1. The Bertz CT molecular complexity index is 1680. The minimum absolute atomic E-state index is 0.0266. The van der Waals surface area contributed by atoms with E-state index in [1.165, 1.54) is 17.0 Å². The van der Waals surface area contributed by atoms with E-state index >= 15 is 0 Å². The third kappa shape index (κ3) is 8.65. The van der Waals surface area contributed by atoms with Crippen molar-refractivity contribution in [1.82, 2.24) is 10.2 Å². The summed E-state index contributed by atoms with van der Waals surface area (Å²) in [5, 5.41) is 3.32. The number of nitrogens with one attached hydrogen (secondary N) is 1. The summed E-state index contributed by atoms with van der Waals surface area (Å²) in [6.07, 6.45) is 1.05. The van der Waals surface area contributed by atoms with Gasteiger partial charge in [0.05, 0.1) is 10.6 Å². The lowest BCUT2D eigenvalue weighted by molar-refractivity contribution is -0.140. The van der Waals surface area contributed by atoms with Gasteiger partial charge in [0.1, 0.15) is 24.1 Å². The van der Waals surface area contributed by atoms with Gasteiger partial charge >= 0.3 is 0 Å². The van der Waals surface area contributed by atoms with E-state index in [4.69, 9.17) is 16.3 Å². The van der Waals surface area contributed by atoms with E-state index in [1.54, 1.807) is 60.7 Å². The van der Waals surface area contributed by atoms with Crippen molar-refractivity contribution in [3.63, 3.8) is 0 Å². The first-order valence-corrected chi connectivity index (χ1v) is 16.7. The molecule has 45 heavy (non-hydrogen) atoms. The van der Waals surface area contributed by atoms with Gasteiger partial charge in [-0.05, 0) is 79.9 Å². The molecule has 0 aromatic heterocycles. The molecule has 0 saturated carbocycles. The maximum Gasteiger partial charge on any atom is 0.264 e. The number of sulfonamides is 1. The van der Waals surface area contributed by atoms with Crippen LogP contribution >= 0.6 is 11.6 Å². The average molecular weight is 648 g/mol. The molecule has 4 aromatic carbocycles. The molecular weight excluding hydrogens is 610 g/mol. The highest BCUT2D eigenvalue weighted by Gasteiger charge is 2.34. The fourth-order valence-electron chi connectivity index (χ4n) is 4.77. The number of carbonyl (C=O) groups is 2. The second-order valence-electron chi connectivity index (χ2n) is 10.6. The number of hydrogen-bond donors (Lipinski definition) is 1. The maximum atomic E-state index is 14.2. The van der Waals surface area contributed by atoms with Gasteiger partial charge in [-0.1, -0.05) is 79.5 Å².